The number of ether oxygens (including phenoxy) is 3. The summed E-state index contributed by atoms with van der Waals surface area (Å²) in [5, 5.41) is 0. The van der Waals surface area contributed by atoms with Crippen LogP contribution in [-0.4, -0.2) is 51.3 Å². The van der Waals surface area contributed by atoms with Gasteiger partial charge in [-0.25, -0.2) is 4.79 Å². The number of para-hydroxylation sites is 1. The van der Waals surface area contributed by atoms with Crippen LogP contribution in [0.3, 0.4) is 0 Å². The van der Waals surface area contributed by atoms with E-state index in [-0.39, 0.29) is 0 Å². The fraction of sp³-hybridized carbons (Fsp3) is 0.533. The zero-order chi connectivity index (χ0) is 15.0. The van der Waals surface area contributed by atoms with Crippen LogP contribution >= 0.6 is 0 Å². The standard InChI is InChI=1S/C15H23NO4/c1-5-16(6-2)10-11-20-15(17)12-8-7-9-13(18-3)14(12)19-4/h7-9H,5-6,10-11H2,1-4H3. The van der Waals surface area contributed by atoms with Crippen molar-refractivity contribution in [2.24, 2.45) is 0 Å². The lowest BCUT2D eigenvalue weighted by Gasteiger charge is -2.18. The first kappa shape index (κ1) is 16.3. The molecule has 0 radical (unpaired) electrons. The molecule has 0 aliphatic heterocycles. The third kappa shape index (κ3) is 4.13. The average molecular weight is 281 g/mol. The summed E-state index contributed by atoms with van der Waals surface area (Å²) in [4.78, 5) is 14.3. The SMILES string of the molecule is CCN(CC)CCOC(=O)c1cccc(OC)c1OC. The van der Waals surface area contributed by atoms with E-state index < -0.39 is 5.97 Å². The van der Waals surface area contributed by atoms with Crippen molar-refractivity contribution < 1.29 is 19.0 Å². The molecule has 0 amide bonds. The summed E-state index contributed by atoms with van der Waals surface area (Å²) in [5.74, 6) is 0.529. The number of carbonyl (C=O) groups is 1. The van der Waals surface area contributed by atoms with E-state index in [0.29, 0.717) is 23.7 Å². The van der Waals surface area contributed by atoms with E-state index in [0.717, 1.165) is 19.6 Å². The number of hydrogen-bond donors (Lipinski definition) is 0. The van der Waals surface area contributed by atoms with E-state index in [1.54, 1.807) is 18.2 Å². The normalized spacial score (nSPS) is 10.4. The number of hydrogen-bond acceptors (Lipinski definition) is 5. The average Bonchev–Trinajstić information content (AvgIpc) is 2.50. The van der Waals surface area contributed by atoms with Gasteiger partial charge in [0.2, 0.25) is 0 Å². The van der Waals surface area contributed by atoms with Crippen molar-refractivity contribution in [3.05, 3.63) is 23.8 Å². The summed E-state index contributed by atoms with van der Waals surface area (Å²) in [5.41, 5.74) is 0.381. The Labute approximate surface area is 120 Å². The lowest BCUT2D eigenvalue weighted by Crippen LogP contribution is -2.28. The van der Waals surface area contributed by atoms with E-state index in [1.807, 2.05) is 0 Å². The third-order valence-corrected chi connectivity index (χ3v) is 3.16. The largest absolute Gasteiger partial charge is 0.493 e. The first-order chi connectivity index (χ1) is 9.67. The molecule has 0 unspecified atom stereocenters. The molecule has 112 valence electrons. The molecule has 0 fully saturated rings. The van der Waals surface area contributed by atoms with E-state index in [1.165, 1.54) is 14.2 Å². The summed E-state index contributed by atoms with van der Waals surface area (Å²) in [6.45, 7) is 7.13. The van der Waals surface area contributed by atoms with Crippen LogP contribution in [0.25, 0.3) is 0 Å². The molecule has 0 bridgehead atoms. The summed E-state index contributed by atoms with van der Waals surface area (Å²) in [6, 6.07) is 5.15. The van der Waals surface area contributed by atoms with Crippen molar-refractivity contribution in [1.82, 2.24) is 4.90 Å². The minimum absolute atomic E-state index is 0.362. The molecule has 5 nitrogen and oxygen atoms in total. The van der Waals surface area contributed by atoms with E-state index >= 15 is 0 Å². The monoisotopic (exact) mass is 281 g/mol. The highest BCUT2D eigenvalue weighted by Crippen LogP contribution is 2.30. The quantitative estimate of drug-likeness (QED) is 0.684. The van der Waals surface area contributed by atoms with Crippen LogP contribution in [0.15, 0.2) is 18.2 Å². The zero-order valence-corrected chi connectivity index (χ0v) is 12.6. The topological polar surface area (TPSA) is 48.0 Å². The minimum Gasteiger partial charge on any atom is -0.493 e. The van der Waals surface area contributed by atoms with Crippen LogP contribution in [0.5, 0.6) is 11.5 Å². The van der Waals surface area contributed by atoms with Gasteiger partial charge in [-0.15, -0.1) is 0 Å². The predicted molar refractivity (Wildman–Crippen MR) is 77.6 cm³/mol. The smallest absolute Gasteiger partial charge is 0.342 e. The predicted octanol–water partition coefficient (Wildman–Crippen LogP) is 2.20. The van der Waals surface area contributed by atoms with Gasteiger partial charge in [0.15, 0.2) is 11.5 Å². The van der Waals surface area contributed by atoms with Gasteiger partial charge in [0, 0.05) is 6.54 Å². The van der Waals surface area contributed by atoms with Gasteiger partial charge in [-0.3, -0.25) is 0 Å². The van der Waals surface area contributed by atoms with Crippen LogP contribution in [0.4, 0.5) is 0 Å². The molecular weight excluding hydrogens is 258 g/mol. The number of methoxy groups -OCH3 is 2. The van der Waals surface area contributed by atoms with E-state index in [2.05, 4.69) is 18.7 Å². The Morgan fingerprint density at radius 3 is 2.40 bits per heavy atom. The zero-order valence-electron chi connectivity index (χ0n) is 12.6. The maximum absolute atomic E-state index is 12.1. The van der Waals surface area contributed by atoms with E-state index in [9.17, 15) is 4.79 Å². The molecule has 0 aliphatic carbocycles. The fourth-order valence-corrected chi connectivity index (χ4v) is 1.93. The lowest BCUT2D eigenvalue weighted by molar-refractivity contribution is 0.0462. The van der Waals surface area contributed by atoms with Crippen LogP contribution < -0.4 is 9.47 Å². The van der Waals surface area contributed by atoms with Gasteiger partial charge in [0.1, 0.15) is 12.2 Å². The fourth-order valence-electron chi connectivity index (χ4n) is 1.93. The van der Waals surface area contributed by atoms with Gasteiger partial charge in [-0.2, -0.15) is 0 Å². The number of carbonyl (C=O) groups excluding carboxylic acids is 1. The molecule has 20 heavy (non-hydrogen) atoms. The molecular formula is C15H23NO4. The van der Waals surface area contributed by atoms with Crippen molar-refractivity contribution in [1.29, 1.82) is 0 Å². The maximum Gasteiger partial charge on any atom is 0.342 e. The Kier molecular flexibility index (Phi) is 6.87. The van der Waals surface area contributed by atoms with E-state index in [4.69, 9.17) is 14.2 Å². The van der Waals surface area contributed by atoms with Gasteiger partial charge in [-0.1, -0.05) is 19.9 Å². The molecule has 0 heterocycles. The van der Waals surface area contributed by atoms with Crippen LogP contribution in [-0.2, 0) is 4.74 Å². The van der Waals surface area contributed by atoms with Crippen molar-refractivity contribution >= 4 is 5.97 Å². The third-order valence-electron chi connectivity index (χ3n) is 3.16. The van der Waals surface area contributed by atoms with Crippen molar-refractivity contribution in [2.45, 2.75) is 13.8 Å². The highest BCUT2D eigenvalue weighted by molar-refractivity contribution is 5.93. The highest BCUT2D eigenvalue weighted by atomic mass is 16.5. The second-order valence-corrected chi connectivity index (χ2v) is 4.20. The second-order valence-electron chi connectivity index (χ2n) is 4.20. The first-order valence-corrected chi connectivity index (χ1v) is 6.78. The van der Waals surface area contributed by atoms with Crippen molar-refractivity contribution in [3.63, 3.8) is 0 Å². The maximum atomic E-state index is 12.1. The van der Waals surface area contributed by atoms with Crippen LogP contribution in [0.1, 0.15) is 24.2 Å². The highest BCUT2D eigenvalue weighted by Gasteiger charge is 2.17. The van der Waals surface area contributed by atoms with Crippen molar-refractivity contribution in [3.8, 4) is 11.5 Å². The van der Waals surface area contributed by atoms with Gasteiger partial charge < -0.3 is 19.1 Å². The second kappa shape index (κ2) is 8.43. The molecule has 0 N–H and O–H groups in total. The molecule has 1 aromatic carbocycles. The van der Waals surface area contributed by atoms with Gasteiger partial charge >= 0.3 is 5.97 Å². The Bertz CT molecular complexity index is 430. The molecule has 0 spiro atoms. The number of likely N-dealkylation sites (N-methyl/N-ethyl adjacent to an activating group) is 1. The molecule has 0 atom stereocenters. The first-order valence-electron chi connectivity index (χ1n) is 6.78. The van der Waals surface area contributed by atoms with Crippen LogP contribution in [0, 0.1) is 0 Å². The molecule has 0 aliphatic rings. The number of nitrogens with zero attached hydrogens (tertiary/aromatic N) is 1. The summed E-state index contributed by atoms with van der Waals surface area (Å²) >= 11 is 0. The van der Waals surface area contributed by atoms with Gasteiger partial charge in [0.05, 0.1) is 14.2 Å². The van der Waals surface area contributed by atoms with Gasteiger partial charge in [0.25, 0.3) is 0 Å². The molecule has 0 saturated carbocycles. The number of benzene rings is 1. The summed E-state index contributed by atoms with van der Waals surface area (Å²) in [6.07, 6.45) is 0. The van der Waals surface area contributed by atoms with Gasteiger partial charge in [-0.05, 0) is 25.2 Å². The molecule has 1 rings (SSSR count). The minimum atomic E-state index is -0.395. The Morgan fingerprint density at radius 2 is 1.85 bits per heavy atom. The van der Waals surface area contributed by atoms with Crippen molar-refractivity contribution in [2.75, 3.05) is 40.5 Å². The molecule has 0 aromatic heterocycles. The lowest BCUT2D eigenvalue weighted by atomic mass is 10.2. The molecule has 5 heteroatoms. The number of rotatable bonds is 8. The Balaban J connectivity index is 2.68. The van der Waals surface area contributed by atoms with Crippen LogP contribution in [0.2, 0.25) is 0 Å². The molecule has 1 aromatic rings. The Morgan fingerprint density at radius 1 is 1.15 bits per heavy atom. The number of esters is 1. The Hall–Kier alpha value is -1.75. The summed E-state index contributed by atoms with van der Waals surface area (Å²) < 4.78 is 15.7. The molecule has 0 saturated heterocycles. The summed E-state index contributed by atoms with van der Waals surface area (Å²) in [7, 11) is 3.04.